The minimum atomic E-state index is -0.814. The van der Waals surface area contributed by atoms with Crippen LogP contribution < -0.4 is 0 Å². The SMILES string of the molecule is CC(C)C[C@]12C[C@@H](F)CN1CC[C@H]2F. The maximum atomic E-state index is 13.9. The summed E-state index contributed by atoms with van der Waals surface area (Å²) in [5.41, 5.74) is -0.451. The van der Waals surface area contributed by atoms with Gasteiger partial charge in [-0.15, -0.1) is 0 Å². The quantitative estimate of drug-likeness (QED) is 0.666. The zero-order valence-electron chi connectivity index (χ0n) is 8.97. The number of rotatable bonds is 2. The second kappa shape index (κ2) is 3.44. The van der Waals surface area contributed by atoms with Crippen LogP contribution in [0.4, 0.5) is 8.78 Å². The molecule has 2 aliphatic rings. The third kappa shape index (κ3) is 1.46. The molecule has 0 N–H and O–H groups in total. The van der Waals surface area contributed by atoms with E-state index in [2.05, 4.69) is 13.8 Å². The number of hydrogen-bond acceptors (Lipinski definition) is 1. The molecule has 0 saturated carbocycles. The molecular formula is C11H19F2N. The Hall–Kier alpha value is -0.180. The Morgan fingerprint density at radius 3 is 2.79 bits per heavy atom. The summed E-state index contributed by atoms with van der Waals surface area (Å²) >= 11 is 0. The summed E-state index contributed by atoms with van der Waals surface area (Å²) in [6, 6.07) is 0. The summed E-state index contributed by atoms with van der Waals surface area (Å²) in [7, 11) is 0. The molecule has 2 fully saturated rings. The lowest BCUT2D eigenvalue weighted by Gasteiger charge is -2.35. The van der Waals surface area contributed by atoms with Gasteiger partial charge in [-0.05, 0) is 18.8 Å². The Morgan fingerprint density at radius 2 is 2.14 bits per heavy atom. The van der Waals surface area contributed by atoms with Crippen molar-refractivity contribution in [3.8, 4) is 0 Å². The van der Waals surface area contributed by atoms with Crippen molar-refractivity contribution < 1.29 is 8.78 Å². The first-order valence-electron chi connectivity index (χ1n) is 5.58. The first-order chi connectivity index (χ1) is 6.54. The van der Waals surface area contributed by atoms with Crippen LogP contribution in [0.5, 0.6) is 0 Å². The first kappa shape index (κ1) is 10.3. The minimum Gasteiger partial charge on any atom is -0.292 e. The van der Waals surface area contributed by atoms with Gasteiger partial charge in [-0.1, -0.05) is 13.8 Å². The molecule has 0 aromatic rings. The van der Waals surface area contributed by atoms with Gasteiger partial charge in [0.05, 0.1) is 5.54 Å². The molecule has 0 aromatic heterocycles. The van der Waals surface area contributed by atoms with E-state index < -0.39 is 17.9 Å². The summed E-state index contributed by atoms with van der Waals surface area (Å²) in [5.74, 6) is 0.444. The van der Waals surface area contributed by atoms with Crippen LogP contribution in [0.1, 0.15) is 33.1 Å². The molecule has 2 heterocycles. The van der Waals surface area contributed by atoms with Crippen LogP contribution in [0, 0.1) is 5.92 Å². The predicted octanol–water partition coefficient (Wildman–Crippen LogP) is 2.56. The molecule has 82 valence electrons. The van der Waals surface area contributed by atoms with Gasteiger partial charge in [-0.25, -0.2) is 8.78 Å². The monoisotopic (exact) mass is 203 g/mol. The second-order valence-electron chi connectivity index (χ2n) is 5.21. The molecule has 1 nitrogen and oxygen atoms in total. The topological polar surface area (TPSA) is 3.24 Å². The molecule has 14 heavy (non-hydrogen) atoms. The summed E-state index contributed by atoms with van der Waals surface area (Å²) in [5, 5.41) is 0. The van der Waals surface area contributed by atoms with E-state index in [0.29, 0.717) is 25.3 Å². The molecule has 3 heteroatoms. The summed E-state index contributed by atoms with van der Waals surface area (Å²) in [6.45, 7) is 5.37. The van der Waals surface area contributed by atoms with Crippen molar-refractivity contribution in [3.05, 3.63) is 0 Å². The number of alkyl halides is 2. The lowest BCUT2D eigenvalue weighted by molar-refractivity contribution is 0.0927. The van der Waals surface area contributed by atoms with Crippen LogP contribution in [0.2, 0.25) is 0 Å². The largest absolute Gasteiger partial charge is 0.292 e. The van der Waals surface area contributed by atoms with E-state index in [1.165, 1.54) is 0 Å². The molecule has 0 amide bonds. The number of fused-ring (bicyclic) bond motifs is 1. The van der Waals surface area contributed by atoms with Crippen LogP contribution in [0.15, 0.2) is 0 Å². The average Bonchev–Trinajstić information content (AvgIpc) is 2.49. The van der Waals surface area contributed by atoms with E-state index >= 15 is 0 Å². The van der Waals surface area contributed by atoms with Crippen LogP contribution in [-0.2, 0) is 0 Å². The van der Waals surface area contributed by atoms with Crippen molar-refractivity contribution in [2.75, 3.05) is 13.1 Å². The molecule has 2 rings (SSSR count). The van der Waals surface area contributed by atoms with Gasteiger partial charge in [0, 0.05) is 19.5 Å². The van der Waals surface area contributed by atoms with Crippen molar-refractivity contribution in [1.82, 2.24) is 4.90 Å². The fraction of sp³-hybridized carbons (Fsp3) is 1.00. The Labute approximate surface area is 84.5 Å². The van der Waals surface area contributed by atoms with Crippen molar-refractivity contribution in [2.45, 2.75) is 51.0 Å². The molecule has 0 unspecified atom stereocenters. The number of halogens is 2. The van der Waals surface area contributed by atoms with E-state index in [1.807, 2.05) is 4.90 Å². The van der Waals surface area contributed by atoms with Gasteiger partial charge < -0.3 is 0 Å². The molecule has 0 aliphatic carbocycles. The molecule has 2 saturated heterocycles. The highest BCUT2D eigenvalue weighted by Crippen LogP contribution is 2.45. The normalized spacial score (nSPS) is 43.5. The second-order valence-corrected chi connectivity index (χ2v) is 5.21. The van der Waals surface area contributed by atoms with Crippen LogP contribution in [-0.4, -0.2) is 35.9 Å². The zero-order valence-corrected chi connectivity index (χ0v) is 8.97. The highest BCUT2D eigenvalue weighted by Gasteiger charge is 2.55. The summed E-state index contributed by atoms with van der Waals surface area (Å²) < 4.78 is 27.2. The molecule has 3 atom stereocenters. The number of nitrogens with zero attached hydrogens (tertiary/aromatic N) is 1. The lowest BCUT2D eigenvalue weighted by Crippen LogP contribution is -2.45. The zero-order chi connectivity index (χ0) is 10.3. The van der Waals surface area contributed by atoms with E-state index in [0.717, 1.165) is 13.0 Å². The maximum absolute atomic E-state index is 13.9. The molecule has 0 aromatic carbocycles. The van der Waals surface area contributed by atoms with E-state index in [9.17, 15) is 8.78 Å². The predicted molar refractivity (Wildman–Crippen MR) is 52.8 cm³/mol. The van der Waals surface area contributed by atoms with Crippen molar-refractivity contribution in [3.63, 3.8) is 0 Å². The fourth-order valence-corrected chi connectivity index (χ4v) is 3.22. The fourth-order valence-electron chi connectivity index (χ4n) is 3.22. The standard InChI is InChI=1S/C11H19F2N/c1-8(2)5-11-6-9(12)7-14(11)4-3-10(11)13/h8-10H,3-7H2,1-2H3/t9-,10-,11-/m1/s1. The summed E-state index contributed by atoms with van der Waals surface area (Å²) in [6.07, 6.45) is 0.179. The molecule has 0 bridgehead atoms. The van der Waals surface area contributed by atoms with E-state index in [1.54, 1.807) is 0 Å². The van der Waals surface area contributed by atoms with Gasteiger partial charge >= 0.3 is 0 Å². The van der Waals surface area contributed by atoms with Crippen LogP contribution >= 0.6 is 0 Å². The first-order valence-corrected chi connectivity index (χ1v) is 5.58. The lowest BCUT2D eigenvalue weighted by atomic mass is 9.83. The van der Waals surface area contributed by atoms with Gasteiger partial charge in [-0.2, -0.15) is 0 Å². The van der Waals surface area contributed by atoms with Gasteiger partial charge in [0.1, 0.15) is 12.3 Å². The van der Waals surface area contributed by atoms with E-state index in [-0.39, 0.29) is 0 Å². The van der Waals surface area contributed by atoms with Gasteiger partial charge in [-0.3, -0.25) is 4.90 Å². The Balaban J connectivity index is 2.17. The Bertz CT molecular complexity index is 219. The van der Waals surface area contributed by atoms with Crippen molar-refractivity contribution in [2.24, 2.45) is 5.92 Å². The average molecular weight is 203 g/mol. The van der Waals surface area contributed by atoms with Gasteiger partial charge in [0.15, 0.2) is 0 Å². The third-order valence-corrected chi connectivity index (χ3v) is 3.62. The molecule has 0 spiro atoms. The Morgan fingerprint density at radius 1 is 1.43 bits per heavy atom. The van der Waals surface area contributed by atoms with Crippen molar-refractivity contribution in [1.29, 1.82) is 0 Å². The maximum Gasteiger partial charge on any atom is 0.120 e. The summed E-state index contributed by atoms with van der Waals surface area (Å²) in [4.78, 5) is 2.04. The van der Waals surface area contributed by atoms with Gasteiger partial charge in [0.25, 0.3) is 0 Å². The van der Waals surface area contributed by atoms with Gasteiger partial charge in [0.2, 0.25) is 0 Å². The molecular weight excluding hydrogens is 184 g/mol. The Kier molecular flexibility index (Phi) is 2.54. The minimum absolute atomic E-state index is 0.409. The smallest absolute Gasteiger partial charge is 0.120 e. The van der Waals surface area contributed by atoms with Crippen molar-refractivity contribution >= 4 is 0 Å². The highest BCUT2D eigenvalue weighted by atomic mass is 19.1. The number of hydrogen-bond donors (Lipinski definition) is 0. The van der Waals surface area contributed by atoms with Crippen LogP contribution in [0.3, 0.4) is 0 Å². The van der Waals surface area contributed by atoms with E-state index in [4.69, 9.17) is 0 Å². The third-order valence-electron chi connectivity index (χ3n) is 3.62. The highest BCUT2D eigenvalue weighted by molar-refractivity contribution is 5.09. The molecule has 2 aliphatic heterocycles. The van der Waals surface area contributed by atoms with Crippen LogP contribution in [0.25, 0.3) is 0 Å². The molecule has 0 radical (unpaired) electrons.